The van der Waals surface area contributed by atoms with Gasteiger partial charge in [-0.1, -0.05) is 18.2 Å². The summed E-state index contributed by atoms with van der Waals surface area (Å²) in [6.45, 7) is -0.778. The molecule has 12 heteroatoms. The lowest BCUT2D eigenvalue weighted by atomic mass is 9.83. The zero-order chi connectivity index (χ0) is 27.4. The molecule has 0 spiro atoms. The highest BCUT2D eigenvalue weighted by atomic mass is 16.8. The molecular weight excluding hydrogens is 504 g/mol. The van der Waals surface area contributed by atoms with E-state index in [-0.39, 0.29) is 17.9 Å². The van der Waals surface area contributed by atoms with Gasteiger partial charge in [-0.15, -0.1) is 0 Å². The Morgan fingerprint density at radius 2 is 1.82 bits per heavy atom. The summed E-state index contributed by atoms with van der Waals surface area (Å²) >= 11 is 0. The predicted octanol–water partition coefficient (Wildman–Crippen LogP) is -0.259. The number of hydrogen-bond acceptors (Lipinski definition) is 12. The molecule has 12 nitrogen and oxygen atoms in total. The van der Waals surface area contributed by atoms with Crippen molar-refractivity contribution < 1.29 is 58.8 Å². The SMILES string of the molecule is COC(=O)C1=CO[C@@H](O[C@@H]2O[C@H](COC(=O)/C=C/c3ccc(O)cc3)[C@@H](O)[C@H](O)[C@H]2O)[C@@H]2C(CO)=CC[C@H]12. The fourth-order valence-electron chi connectivity index (χ4n) is 4.68. The fourth-order valence-corrected chi connectivity index (χ4v) is 4.68. The summed E-state index contributed by atoms with van der Waals surface area (Å²) in [7, 11) is 1.24. The molecule has 1 aromatic rings. The zero-order valence-electron chi connectivity index (χ0n) is 20.5. The van der Waals surface area contributed by atoms with E-state index in [0.29, 0.717) is 17.6 Å². The Bertz CT molecular complexity index is 1090. The fraction of sp³-hybridized carbons (Fsp3) is 0.462. The zero-order valence-corrected chi connectivity index (χ0v) is 20.5. The number of carbonyl (C=O) groups excluding carboxylic acids is 2. The standard InChI is InChI=1S/C26H30O12/c1-34-24(33)17-11-36-25(20-14(10-27)5-8-16(17)20)38-26-23(32)22(31)21(30)18(37-26)12-35-19(29)9-4-13-2-6-15(28)7-3-13/h2-7,9,11,16,18,20-23,25-28,30-32H,8,10,12H2,1H3/b9-4+/t16-,18-,20-,21-,22+,23-,25+,26+/m1/s1. The summed E-state index contributed by atoms with van der Waals surface area (Å²) in [4.78, 5) is 24.3. The van der Waals surface area contributed by atoms with E-state index in [0.717, 1.165) is 6.08 Å². The molecule has 2 aliphatic heterocycles. The van der Waals surface area contributed by atoms with Crippen LogP contribution in [0.3, 0.4) is 0 Å². The van der Waals surface area contributed by atoms with Gasteiger partial charge in [0.05, 0.1) is 31.5 Å². The number of benzene rings is 1. The molecule has 0 bridgehead atoms. The molecule has 4 rings (SSSR count). The van der Waals surface area contributed by atoms with Gasteiger partial charge in [0.1, 0.15) is 36.8 Å². The third-order valence-corrected chi connectivity index (χ3v) is 6.75. The Hall–Kier alpha value is -3.26. The number of phenols is 1. The van der Waals surface area contributed by atoms with E-state index in [2.05, 4.69) is 0 Å². The maximum Gasteiger partial charge on any atom is 0.337 e. The van der Waals surface area contributed by atoms with Crippen molar-refractivity contribution >= 4 is 18.0 Å². The molecule has 1 fully saturated rings. The highest BCUT2D eigenvalue weighted by molar-refractivity contribution is 5.89. The Kier molecular flexibility index (Phi) is 8.82. The summed E-state index contributed by atoms with van der Waals surface area (Å²) in [5, 5.41) is 50.4. The maximum atomic E-state index is 12.2. The number of aromatic hydroxyl groups is 1. The molecule has 3 aliphatic rings. The second kappa shape index (κ2) is 12.1. The number of fused-ring (bicyclic) bond motifs is 1. The molecule has 0 saturated carbocycles. The highest BCUT2D eigenvalue weighted by Crippen LogP contribution is 2.44. The average Bonchev–Trinajstić information content (AvgIpc) is 3.36. The predicted molar refractivity (Wildman–Crippen MR) is 128 cm³/mol. The topological polar surface area (TPSA) is 181 Å². The highest BCUT2D eigenvalue weighted by Gasteiger charge is 2.50. The summed E-state index contributed by atoms with van der Waals surface area (Å²) < 4.78 is 27.0. The van der Waals surface area contributed by atoms with Gasteiger partial charge in [0, 0.05) is 12.0 Å². The van der Waals surface area contributed by atoms with Crippen LogP contribution in [-0.2, 0) is 33.3 Å². The van der Waals surface area contributed by atoms with E-state index < -0.39 is 67.4 Å². The number of methoxy groups -OCH3 is 1. The van der Waals surface area contributed by atoms with Gasteiger partial charge < -0.3 is 49.2 Å². The summed E-state index contributed by atoms with van der Waals surface area (Å²) in [5.41, 5.74) is 1.47. The third-order valence-electron chi connectivity index (χ3n) is 6.75. The van der Waals surface area contributed by atoms with Gasteiger partial charge in [-0.3, -0.25) is 0 Å². The van der Waals surface area contributed by atoms with Gasteiger partial charge in [-0.25, -0.2) is 9.59 Å². The Morgan fingerprint density at radius 1 is 1.08 bits per heavy atom. The summed E-state index contributed by atoms with van der Waals surface area (Å²) in [6, 6.07) is 6.10. The van der Waals surface area contributed by atoms with E-state index in [1.807, 2.05) is 0 Å². The van der Waals surface area contributed by atoms with Crippen LogP contribution in [0.1, 0.15) is 12.0 Å². The summed E-state index contributed by atoms with van der Waals surface area (Å²) in [5.74, 6) is -2.26. The Morgan fingerprint density at radius 3 is 2.50 bits per heavy atom. The van der Waals surface area contributed by atoms with Gasteiger partial charge in [-0.05, 0) is 35.8 Å². The molecule has 8 atom stereocenters. The van der Waals surface area contributed by atoms with Gasteiger partial charge in [0.25, 0.3) is 0 Å². The minimum Gasteiger partial charge on any atom is -0.508 e. The third kappa shape index (κ3) is 5.90. The molecule has 206 valence electrons. The van der Waals surface area contributed by atoms with Crippen molar-refractivity contribution in [3.8, 4) is 5.75 Å². The number of carbonyl (C=O) groups is 2. The minimum atomic E-state index is -1.69. The number of rotatable bonds is 8. The van der Waals surface area contributed by atoms with Crippen LogP contribution in [0.2, 0.25) is 0 Å². The number of ether oxygens (including phenoxy) is 5. The Labute approximate surface area is 218 Å². The van der Waals surface area contributed by atoms with E-state index in [1.54, 1.807) is 18.2 Å². The molecule has 1 saturated heterocycles. The van der Waals surface area contributed by atoms with Crippen molar-refractivity contribution in [2.24, 2.45) is 11.8 Å². The van der Waals surface area contributed by atoms with Gasteiger partial charge in [0.15, 0.2) is 6.29 Å². The second-order valence-corrected chi connectivity index (χ2v) is 9.08. The van der Waals surface area contributed by atoms with E-state index in [9.17, 15) is 35.1 Å². The summed E-state index contributed by atoms with van der Waals surface area (Å²) in [6.07, 6.45) is -2.81. The van der Waals surface area contributed by atoms with Crippen LogP contribution < -0.4 is 0 Å². The molecule has 0 radical (unpaired) electrons. The van der Waals surface area contributed by atoms with Crippen LogP contribution in [0.4, 0.5) is 0 Å². The molecule has 1 aromatic carbocycles. The van der Waals surface area contributed by atoms with Crippen LogP contribution in [0.25, 0.3) is 6.08 Å². The van der Waals surface area contributed by atoms with Gasteiger partial charge in [-0.2, -0.15) is 0 Å². The number of aliphatic hydroxyl groups excluding tert-OH is 4. The van der Waals surface area contributed by atoms with Crippen molar-refractivity contribution in [1.82, 2.24) is 0 Å². The van der Waals surface area contributed by atoms with Crippen molar-refractivity contribution in [1.29, 1.82) is 0 Å². The van der Waals surface area contributed by atoms with Crippen molar-refractivity contribution in [2.45, 2.75) is 43.4 Å². The quantitative estimate of drug-likeness (QED) is 0.168. The molecule has 0 unspecified atom stereocenters. The molecule has 0 aromatic heterocycles. The van der Waals surface area contributed by atoms with E-state index >= 15 is 0 Å². The second-order valence-electron chi connectivity index (χ2n) is 9.08. The van der Waals surface area contributed by atoms with Crippen molar-refractivity contribution in [2.75, 3.05) is 20.3 Å². The Balaban J connectivity index is 1.41. The average molecular weight is 535 g/mol. The number of esters is 2. The molecule has 1 aliphatic carbocycles. The van der Waals surface area contributed by atoms with E-state index in [4.69, 9.17) is 23.7 Å². The van der Waals surface area contributed by atoms with Gasteiger partial charge in [0.2, 0.25) is 6.29 Å². The van der Waals surface area contributed by atoms with Crippen molar-refractivity contribution in [3.63, 3.8) is 0 Å². The number of aliphatic hydroxyl groups is 4. The minimum absolute atomic E-state index is 0.0799. The molecule has 0 amide bonds. The lowest BCUT2D eigenvalue weighted by molar-refractivity contribution is -0.339. The van der Waals surface area contributed by atoms with Crippen molar-refractivity contribution in [3.05, 3.63) is 59.4 Å². The first-order valence-corrected chi connectivity index (χ1v) is 12.0. The van der Waals surface area contributed by atoms with Crippen LogP contribution in [0.15, 0.2) is 53.8 Å². The molecule has 5 N–H and O–H groups in total. The van der Waals surface area contributed by atoms with Crippen LogP contribution in [0, 0.1) is 11.8 Å². The largest absolute Gasteiger partial charge is 0.508 e. The van der Waals surface area contributed by atoms with Crippen LogP contribution in [-0.4, -0.2) is 94.8 Å². The lowest BCUT2D eigenvalue weighted by Crippen LogP contribution is -2.60. The lowest BCUT2D eigenvalue weighted by Gasteiger charge is -2.43. The van der Waals surface area contributed by atoms with Crippen LogP contribution in [0.5, 0.6) is 5.75 Å². The molecule has 2 heterocycles. The van der Waals surface area contributed by atoms with Crippen LogP contribution >= 0.6 is 0 Å². The first-order valence-electron chi connectivity index (χ1n) is 12.0. The number of hydrogen-bond donors (Lipinski definition) is 5. The molecule has 38 heavy (non-hydrogen) atoms. The van der Waals surface area contributed by atoms with Gasteiger partial charge >= 0.3 is 11.9 Å². The first kappa shape index (κ1) is 27.8. The number of allylic oxidation sites excluding steroid dienone is 1. The van der Waals surface area contributed by atoms with E-state index in [1.165, 1.54) is 31.6 Å². The normalized spacial score (nSPS) is 32.7. The molecular formula is C26H30O12. The smallest absolute Gasteiger partial charge is 0.337 e. The monoisotopic (exact) mass is 534 g/mol. The maximum absolute atomic E-state index is 12.2. The number of phenolic OH excluding ortho intramolecular Hbond substituents is 1. The first-order chi connectivity index (χ1) is 18.2.